The Kier molecular flexibility index (Phi) is 1.80. The van der Waals surface area contributed by atoms with Gasteiger partial charge >= 0.3 is 5.97 Å². The summed E-state index contributed by atoms with van der Waals surface area (Å²) in [5.41, 5.74) is 0.194. The second kappa shape index (κ2) is 2.61. The molecule has 5 nitrogen and oxygen atoms in total. The van der Waals surface area contributed by atoms with E-state index >= 15 is 0 Å². The Balaban J connectivity index is 2.87. The van der Waals surface area contributed by atoms with Crippen LogP contribution in [0, 0.1) is 0 Å². The minimum atomic E-state index is -1.00. The highest BCUT2D eigenvalue weighted by Crippen LogP contribution is 2.13. The van der Waals surface area contributed by atoms with E-state index in [2.05, 4.69) is 4.98 Å². The second-order valence-corrected chi connectivity index (χ2v) is 2.20. The summed E-state index contributed by atoms with van der Waals surface area (Å²) in [6.07, 6.45) is 1.13. The van der Waals surface area contributed by atoms with Crippen molar-refractivity contribution >= 4 is 5.97 Å². The van der Waals surface area contributed by atoms with Crippen molar-refractivity contribution in [1.29, 1.82) is 0 Å². The summed E-state index contributed by atoms with van der Waals surface area (Å²) in [4.78, 5) is 13.9. The number of imidazole rings is 1. The molecule has 0 unspecified atom stereocenters. The molecule has 1 aromatic heterocycles. The van der Waals surface area contributed by atoms with E-state index in [0.29, 0.717) is 0 Å². The SMILES string of the molecule is Cn1cnc(CC(=O)O)c1O. The fraction of sp³-hybridized carbons (Fsp3) is 0.333. The highest BCUT2D eigenvalue weighted by molar-refractivity contribution is 5.70. The molecule has 0 aliphatic rings. The summed E-state index contributed by atoms with van der Waals surface area (Å²) >= 11 is 0. The molecule has 5 heteroatoms. The first kappa shape index (κ1) is 7.59. The van der Waals surface area contributed by atoms with Crippen LogP contribution in [-0.2, 0) is 18.3 Å². The molecule has 1 rings (SSSR count). The van der Waals surface area contributed by atoms with Gasteiger partial charge in [0.25, 0.3) is 0 Å². The van der Waals surface area contributed by atoms with E-state index < -0.39 is 5.97 Å². The van der Waals surface area contributed by atoms with Gasteiger partial charge in [0.15, 0.2) is 0 Å². The van der Waals surface area contributed by atoms with Crippen molar-refractivity contribution in [2.24, 2.45) is 7.05 Å². The van der Waals surface area contributed by atoms with E-state index in [1.165, 1.54) is 10.9 Å². The Morgan fingerprint density at radius 3 is 2.82 bits per heavy atom. The highest BCUT2D eigenvalue weighted by Gasteiger charge is 2.09. The Morgan fingerprint density at radius 2 is 2.45 bits per heavy atom. The monoisotopic (exact) mass is 156 g/mol. The molecule has 0 amide bonds. The second-order valence-electron chi connectivity index (χ2n) is 2.20. The van der Waals surface area contributed by atoms with Gasteiger partial charge in [-0.05, 0) is 0 Å². The fourth-order valence-electron chi connectivity index (χ4n) is 0.740. The van der Waals surface area contributed by atoms with E-state index in [-0.39, 0.29) is 18.0 Å². The quantitative estimate of drug-likeness (QED) is 0.619. The van der Waals surface area contributed by atoms with E-state index in [1.807, 2.05) is 0 Å². The lowest BCUT2D eigenvalue weighted by Gasteiger charge is -1.93. The van der Waals surface area contributed by atoms with Crippen LogP contribution in [-0.4, -0.2) is 25.7 Å². The van der Waals surface area contributed by atoms with Crippen LogP contribution in [0.4, 0.5) is 0 Å². The predicted octanol–water partition coefficient (Wildman–Crippen LogP) is -0.247. The molecular weight excluding hydrogens is 148 g/mol. The third-order valence-electron chi connectivity index (χ3n) is 1.30. The summed E-state index contributed by atoms with van der Waals surface area (Å²) in [5.74, 6) is -1.09. The molecule has 1 heterocycles. The molecule has 0 fully saturated rings. The maximum absolute atomic E-state index is 10.2. The number of carboxylic acids is 1. The topological polar surface area (TPSA) is 75.4 Å². The standard InChI is InChI=1S/C6H8N2O3/c1-8-3-7-4(6(8)11)2-5(9)10/h3,11H,2H2,1H3,(H,9,10). The molecule has 0 saturated carbocycles. The number of aryl methyl sites for hydroxylation is 1. The number of rotatable bonds is 2. The number of carbonyl (C=O) groups is 1. The molecule has 1 aromatic rings. The third kappa shape index (κ3) is 1.49. The van der Waals surface area contributed by atoms with Crippen molar-refractivity contribution in [2.75, 3.05) is 0 Å². The maximum atomic E-state index is 10.2. The summed E-state index contributed by atoms with van der Waals surface area (Å²) in [7, 11) is 1.59. The van der Waals surface area contributed by atoms with Gasteiger partial charge in [0.2, 0.25) is 5.88 Å². The van der Waals surface area contributed by atoms with Crippen molar-refractivity contribution in [3.05, 3.63) is 12.0 Å². The Morgan fingerprint density at radius 1 is 1.82 bits per heavy atom. The molecule has 0 radical (unpaired) electrons. The van der Waals surface area contributed by atoms with Crippen molar-refractivity contribution in [1.82, 2.24) is 9.55 Å². The zero-order chi connectivity index (χ0) is 8.43. The lowest BCUT2D eigenvalue weighted by molar-refractivity contribution is -0.136. The number of carboxylic acid groups (broad SMARTS) is 1. The number of hydrogen-bond acceptors (Lipinski definition) is 3. The average Bonchev–Trinajstić information content (AvgIpc) is 2.18. The van der Waals surface area contributed by atoms with Gasteiger partial charge in [-0.2, -0.15) is 0 Å². The highest BCUT2D eigenvalue weighted by atomic mass is 16.4. The first-order valence-electron chi connectivity index (χ1n) is 3.02. The molecule has 0 aliphatic heterocycles. The first-order valence-corrected chi connectivity index (χ1v) is 3.02. The van der Waals surface area contributed by atoms with Crippen molar-refractivity contribution < 1.29 is 15.0 Å². The number of hydrogen-bond donors (Lipinski definition) is 2. The van der Waals surface area contributed by atoms with Gasteiger partial charge in [0.05, 0.1) is 12.7 Å². The Labute approximate surface area is 62.9 Å². The molecule has 11 heavy (non-hydrogen) atoms. The van der Waals surface area contributed by atoms with Gasteiger partial charge in [-0.3, -0.25) is 4.79 Å². The third-order valence-corrected chi connectivity index (χ3v) is 1.30. The van der Waals surface area contributed by atoms with Crippen LogP contribution in [0.25, 0.3) is 0 Å². The lowest BCUT2D eigenvalue weighted by Crippen LogP contribution is -2.00. The zero-order valence-electron chi connectivity index (χ0n) is 5.98. The van der Waals surface area contributed by atoms with Crippen LogP contribution in [0.2, 0.25) is 0 Å². The molecule has 0 saturated heterocycles. The van der Waals surface area contributed by atoms with Crippen molar-refractivity contribution in [3.63, 3.8) is 0 Å². The van der Waals surface area contributed by atoms with Gasteiger partial charge in [-0.1, -0.05) is 0 Å². The minimum absolute atomic E-state index is 0.0904. The Hall–Kier alpha value is -1.52. The van der Waals surface area contributed by atoms with Crippen LogP contribution in [0.15, 0.2) is 6.33 Å². The zero-order valence-corrected chi connectivity index (χ0v) is 5.98. The van der Waals surface area contributed by atoms with Gasteiger partial charge < -0.3 is 14.8 Å². The number of nitrogens with zero attached hydrogens (tertiary/aromatic N) is 2. The van der Waals surface area contributed by atoms with Crippen LogP contribution >= 0.6 is 0 Å². The number of aromatic hydroxyl groups is 1. The van der Waals surface area contributed by atoms with Crippen molar-refractivity contribution in [3.8, 4) is 5.88 Å². The van der Waals surface area contributed by atoms with Crippen LogP contribution in [0.5, 0.6) is 5.88 Å². The summed E-state index contributed by atoms with van der Waals surface area (Å²) in [6, 6.07) is 0. The van der Waals surface area contributed by atoms with E-state index in [4.69, 9.17) is 10.2 Å². The van der Waals surface area contributed by atoms with Gasteiger partial charge in [-0.25, -0.2) is 4.98 Å². The molecule has 0 spiro atoms. The number of aromatic nitrogens is 2. The molecule has 0 aromatic carbocycles. The maximum Gasteiger partial charge on any atom is 0.309 e. The number of aliphatic carboxylic acids is 1. The van der Waals surface area contributed by atoms with Crippen molar-refractivity contribution in [2.45, 2.75) is 6.42 Å². The molecule has 2 N–H and O–H groups in total. The van der Waals surface area contributed by atoms with E-state index in [9.17, 15) is 4.79 Å². The molecule has 60 valence electrons. The molecule has 0 aliphatic carbocycles. The predicted molar refractivity (Wildman–Crippen MR) is 36.2 cm³/mol. The summed E-state index contributed by atoms with van der Waals surface area (Å²) < 4.78 is 1.36. The average molecular weight is 156 g/mol. The summed E-state index contributed by atoms with van der Waals surface area (Å²) in [6.45, 7) is 0. The van der Waals surface area contributed by atoms with Crippen LogP contribution in [0.3, 0.4) is 0 Å². The summed E-state index contributed by atoms with van der Waals surface area (Å²) in [5, 5.41) is 17.5. The molecule has 0 bridgehead atoms. The first-order chi connectivity index (χ1) is 5.11. The Bertz CT molecular complexity index is 279. The van der Waals surface area contributed by atoms with Crippen LogP contribution < -0.4 is 0 Å². The largest absolute Gasteiger partial charge is 0.493 e. The minimum Gasteiger partial charge on any atom is -0.493 e. The molecule has 0 atom stereocenters. The fourth-order valence-corrected chi connectivity index (χ4v) is 0.740. The van der Waals surface area contributed by atoms with E-state index in [1.54, 1.807) is 7.05 Å². The lowest BCUT2D eigenvalue weighted by atomic mass is 10.3. The normalized spacial score (nSPS) is 9.91. The van der Waals surface area contributed by atoms with Gasteiger partial charge in [0, 0.05) is 7.05 Å². The van der Waals surface area contributed by atoms with Gasteiger partial charge in [-0.15, -0.1) is 0 Å². The smallest absolute Gasteiger partial charge is 0.309 e. The van der Waals surface area contributed by atoms with Crippen LogP contribution in [0.1, 0.15) is 5.69 Å². The molecular formula is C6H8N2O3. The van der Waals surface area contributed by atoms with E-state index in [0.717, 1.165) is 0 Å². The van der Waals surface area contributed by atoms with Gasteiger partial charge in [0.1, 0.15) is 5.69 Å².